The standard InChI is InChI=1S/C12H23NO/c13-10-12(8-4-1-5-9-12)14-11-6-2-3-7-11/h11H,1-10,13H2. The van der Waals surface area contributed by atoms with Crippen LogP contribution in [-0.4, -0.2) is 18.2 Å². The lowest BCUT2D eigenvalue weighted by Gasteiger charge is -2.38. The highest BCUT2D eigenvalue weighted by Gasteiger charge is 2.34. The first-order chi connectivity index (χ1) is 6.85. The topological polar surface area (TPSA) is 35.2 Å². The van der Waals surface area contributed by atoms with Crippen LogP contribution in [0.4, 0.5) is 0 Å². The predicted molar refractivity (Wildman–Crippen MR) is 58.2 cm³/mol. The molecule has 2 heteroatoms. The van der Waals surface area contributed by atoms with Crippen molar-refractivity contribution < 1.29 is 4.74 Å². The molecule has 2 rings (SSSR count). The van der Waals surface area contributed by atoms with Crippen molar-refractivity contribution >= 4 is 0 Å². The van der Waals surface area contributed by atoms with E-state index in [0.717, 1.165) is 6.54 Å². The van der Waals surface area contributed by atoms with E-state index in [1.54, 1.807) is 0 Å². The molecule has 2 N–H and O–H groups in total. The van der Waals surface area contributed by atoms with Gasteiger partial charge in [-0.25, -0.2) is 0 Å². The SMILES string of the molecule is NCC1(OC2CCCC2)CCCCC1. The molecule has 0 aliphatic heterocycles. The summed E-state index contributed by atoms with van der Waals surface area (Å²) in [5.41, 5.74) is 5.95. The Hall–Kier alpha value is -0.0800. The first kappa shape index (κ1) is 10.4. The van der Waals surface area contributed by atoms with Crippen LogP contribution in [0.3, 0.4) is 0 Å². The second-order valence-electron chi connectivity index (χ2n) is 4.97. The molecule has 2 aliphatic rings. The molecule has 2 fully saturated rings. The summed E-state index contributed by atoms with van der Waals surface area (Å²) in [6.07, 6.45) is 12.1. The molecule has 2 saturated carbocycles. The predicted octanol–water partition coefficient (Wildman–Crippen LogP) is 2.61. The lowest BCUT2D eigenvalue weighted by molar-refractivity contribution is -0.105. The Balaban J connectivity index is 1.89. The van der Waals surface area contributed by atoms with E-state index in [1.807, 2.05) is 0 Å². The maximum absolute atomic E-state index is 6.26. The van der Waals surface area contributed by atoms with Crippen LogP contribution in [0.25, 0.3) is 0 Å². The smallest absolute Gasteiger partial charge is 0.0807 e. The zero-order chi connectivity index (χ0) is 9.86. The largest absolute Gasteiger partial charge is 0.370 e. The maximum atomic E-state index is 6.26. The summed E-state index contributed by atoms with van der Waals surface area (Å²) in [6.45, 7) is 0.726. The highest BCUT2D eigenvalue weighted by atomic mass is 16.5. The summed E-state index contributed by atoms with van der Waals surface area (Å²) < 4.78 is 6.26. The normalized spacial score (nSPS) is 28.1. The summed E-state index contributed by atoms with van der Waals surface area (Å²) in [6, 6.07) is 0. The fourth-order valence-electron chi connectivity index (χ4n) is 2.93. The molecule has 14 heavy (non-hydrogen) atoms. The molecule has 0 spiro atoms. The van der Waals surface area contributed by atoms with E-state index in [9.17, 15) is 0 Å². The number of hydrogen-bond donors (Lipinski definition) is 1. The highest BCUT2D eigenvalue weighted by molar-refractivity contribution is 4.87. The molecular formula is C12H23NO. The van der Waals surface area contributed by atoms with Crippen LogP contribution in [0, 0.1) is 0 Å². The van der Waals surface area contributed by atoms with E-state index < -0.39 is 0 Å². The Labute approximate surface area is 87.2 Å². The molecule has 0 radical (unpaired) electrons. The maximum Gasteiger partial charge on any atom is 0.0807 e. The third-order valence-corrected chi connectivity index (χ3v) is 3.86. The fraction of sp³-hybridized carbons (Fsp3) is 1.00. The average molecular weight is 197 g/mol. The number of rotatable bonds is 3. The van der Waals surface area contributed by atoms with Gasteiger partial charge in [0.1, 0.15) is 0 Å². The minimum absolute atomic E-state index is 0.0628. The minimum atomic E-state index is 0.0628. The first-order valence-electron chi connectivity index (χ1n) is 6.23. The lowest BCUT2D eigenvalue weighted by Crippen LogP contribution is -2.44. The van der Waals surface area contributed by atoms with Crippen LogP contribution in [-0.2, 0) is 4.74 Å². The molecule has 0 heterocycles. The van der Waals surface area contributed by atoms with Crippen molar-refractivity contribution in [2.24, 2.45) is 5.73 Å². The Bertz CT molecular complexity index is 169. The Kier molecular flexibility index (Phi) is 3.45. The Morgan fingerprint density at radius 2 is 1.64 bits per heavy atom. The van der Waals surface area contributed by atoms with Crippen molar-refractivity contribution in [2.75, 3.05) is 6.54 Å². The van der Waals surface area contributed by atoms with Gasteiger partial charge in [-0.1, -0.05) is 32.1 Å². The second kappa shape index (κ2) is 4.63. The van der Waals surface area contributed by atoms with Gasteiger partial charge in [0.05, 0.1) is 11.7 Å². The fourth-order valence-corrected chi connectivity index (χ4v) is 2.93. The van der Waals surface area contributed by atoms with Gasteiger partial charge in [0.15, 0.2) is 0 Å². The third kappa shape index (κ3) is 2.29. The van der Waals surface area contributed by atoms with Gasteiger partial charge in [0.25, 0.3) is 0 Å². The van der Waals surface area contributed by atoms with Crippen molar-refractivity contribution in [1.82, 2.24) is 0 Å². The van der Waals surface area contributed by atoms with Crippen molar-refractivity contribution in [1.29, 1.82) is 0 Å². The monoisotopic (exact) mass is 197 g/mol. The van der Waals surface area contributed by atoms with Crippen LogP contribution in [0.15, 0.2) is 0 Å². The van der Waals surface area contributed by atoms with Gasteiger partial charge in [-0.05, 0) is 25.7 Å². The molecule has 2 nitrogen and oxygen atoms in total. The van der Waals surface area contributed by atoms with E-state index in [-0.39, 0.29) is 5.60 Å². The van der Waals surface area contributed by atoms with Crippen LogP contribution < -0.4 is 5.73 Å². The Morgan fingerprint density at radius 1 is 1.00 bits per heavy atom. The summed E-state index contributed by atoms with van der Waals surface area (Å²) in [7, 11) is 0. The third-order valence-electron chi connectivity index (χ3n) is 3.86. The Morgan fingerprint density at radius 3 is 2.21 bits per heavy atom. The summed E-state index contributed by atoms with van der Waals surface area (Å²) >= 11 is 0. The van der Waals surface area contributed by atoms with Crippen molar-refractivity contribution in [3.8, 4) is 0 Å². The zero-order valence-corrected chi connectivity index (χ0v) is 9.13. The summed E-state index contributed by atoms with van der Waals surface area (Å²) in [5, 5.41) is 0. The molecule has 0 aromatic heterocycles. The van der Waals surface area contributed by atoms with E-state index in [0.29, 0.717) is 6.10 Å². The van der Waals surface area contributed by atoms with Crippen LogP contribution in [0.2, 0.25) is 0 Å². The molecule has 0 atom stereocenters. The van der Waals surface area contributed by atoms with Gasteiger partial charge in [-0.3, -0.25) is 0 Å². The summed E-state index contributed by atoms with van der Waals surface area (Å²) in [5.74, 6) is 0. The molecule has 0 aromatic carbocycles. The van der Waals surface area contributed by atoms with E-state index >= 15 is 0 Å². The average Bonchev–Trinajstić information content (AvgIpc) is 2.72. The van der Waals surface area contributed by atoms with Crippen molar-refractivity contribution in [2.45, 2.75) is 69.5 Å². The second-order valence-corrected chi connectivity index (χ2v) is 4.97. The van der Waals surface area contributed by atoms with Gasteiger partial charge in [0.2, 0.25) is 0 Å². The van der Waals surface area contributed by atoms with Crippen LogP contribution >= 0.6 is 0 Å². The molecule has 0 unspecified atom stereocenters. The lowest BCUT2D eigenvalue weighted by atomic mass is 9.84. The molecule has 82 valence electrons. The molecule has 0 aromatic rings. The minimum Gasteiger partial charge on any atom is -0.370 e. The number of nitrogens with two attached hydrogens (primary N) is 1. The van der Waals surface area contributed by atoms with Crippen LogP contribution in [0.5, 0.6) is 0 Å². The number of ether oxygens (including phenoxy) is 1. The van der Waals surface area contributed by atoms with Crippen molar-refractivity contribution in [3.05, 3.63) is 0 Å². The highest BCUT2D eigenvalue weighted by Crippen LogP contribution is 2.35. The molecule has 0 bridgehead atoms. The molecule has 2 aliphatic carbocycles. The number of hydrogen-bond acceptors (Lipinski definition) is 2. The molecular weight excluding hydrogens is 174 g/mol. The van der Waals surface area contributed by atoms with Crippen molar-refractivity contribution in [3.63, 3.8) is 0 Å². The first-order valence-corrected chi connectivity index (χ1v) is 6.23. The molecule has 0 amide bonds. The van der Waals surface area contributed by atoms with Gasteiger partial charge in [0, 0.05) is 6.54 Å². The van der Waals surface area contributed by atoms with E-state index in [4.69, 9.17) is 10.5 Å². The van der Waals surface area contributed by atoms with Crippen LogP contribution in [0.1, 0.15) is 57.8 Å². The van der Waals surface area contributed by atoms with Gasteiger partial charge < -0.3 is 10.5 Å². The quantitative estimate of drug-likeness (QED) is 0.754. The van der Waals surface area contributed by atoms with Gasteiger partial charge in [-0.15, -0.1) is 0 Å². The summed E-state index contributed by atoms with van der Waals surface area (Å²) in [4.78, 5) is 0. The van der Waals surface area contributed by atoms with Gasteiger partial charge in [-0.2, -0.15) is 0 Å². The molecule has 0 saturated heterocycles. The van der Waals surface area contributed by atoms with E-state index in [1.165, 1.54) is 57.8 Å². The zero-order valence-electron chi connectivity index (χ0n) is 9.13. The van der Waals surface area contributed by atoms with Gasteiger partial charge >= 0.3 is 0 Å². The van der Waals surface area contributed by atoms with E-state index in [2.05, 4.69) is 0 Å².